The van der Waals surface area contributed by atoms with E-state index in [1.165, 1.54) is 4.90 Å². The second-order valence-corrected chi connectivity index (χ2v) is 7.04. The number of rotatable bonds is 2. The Hall–Kier alpha value is -2.42. The Labute approximate surface area is 154 Å². The topological polar surface area (TPSA) is 63.1 Å². The van der Waals surface area contributed by atoms with E-state index in [0.717, 1.165) is 30.2 Å². The number of imidazole rings is 1. The van der Waals surface area contributed by atoms with E-state index in [9.17, 15) is 18.0 Å². The third-order valence-corrected chi connectivity index (χ3v) is 5.36. The van der Waals surface area contributed by atoms with Gasteiger partial charge in [0, 0.05) is 44.1 Å². The van der Waals surface area contributed by atoms with Gasteiger partial charge in [0.2, 0.25) is 5.91 Å². The van der Waals surface area contributed by atoms with Gasteiger partial charge in [-0.25, -0.2) is 4.98 Å². The highest BCUT2D eigenvalue weighted by Gasteiger charge is 2.44. The molecule has 4 rings (SSSR count). The van der Waals surface area contributed by atoms with Gasteiger partial charge >= 0.3 is 6.18 Å². The van der Waals surface area contributed by atoms with E-state index in [1.807, 2.05) is 18.3 Å². The molecule has 1 amide bonds. The third kappa shape index (κ3) is 3.43. The van der Waals surface area contributed by atoms with Crippen molar-refractivity contribution in [3.8, 4) is 11.3 Å². The van der Waals surface area contributed by atoms with E-state index in [-0.39, 0.29) is 13.1 Å². The molecule has 0 atom stereocenters. The number of hydrogen-bond donors (Lipinski definition) is 1. The van der Waals surface area contributed by atoms with Crippen molar-refractivity contribution in [1.82, 2.24) is 24.8 Å². The Bertz CT molecular complexity index is 825. The highest BCUT2D eigenvalue weighted by molar-refractivity contribution is 5.77. The zero-order valence-corrected chi connectivity index (χ0v) is 14.7. The first kappa shape index (κ1) is 18.0. The van der Waals surface area contributed by atoms with Crippen LogP contribution in [-0.4, -0.2) is 51.2 Å². The normalized spacial score (nSPS) is 19.1. The van der Waals surface area contributed by atoms with Crippen LogP contribution in [0.1, 0.15) is 25.1 Å². The Kier molecular flexibility index (Phi) is 4.41. The predicted octanol–water partition coefficient (Wildman–Crippen LogP) is 2.32. The van der Waals surface area contributed by atoms with Crippen molar-refractivity contribution >= 4 is 5.91 Å². The summed E-state index contributed by atoms with van der Waals surface area (Å²) in [6.07, 6.45) is 0.547. The lowest BCUT2D eigenvalue weighted by atomic mass is 9.85. The molecule has 27 heavy (non-hydrogen) atoms. The first-order valence-corrected chi connectivity index (χ1v) is 8.94. The number of halogens is 3. The molecule has 1 saturated heterocycles. The van der Waals surface area contributed by atoms with E-state index in [0.29, 0.717) is 12.8 Å². The van der Waals surface area contributed by atoms with Crippen molar-refractivity contribution in [2.75, 3.05) is 19.6 Å². The molecular formula is C18H20F3N5O. The number of alkyl halides is 3. The van der Waals surface area contributed by atoms with Gasteiger partial charge in [0.05, 0.1) is 17.4 Å². The molecule has 2 aromatic rings. The van der Waals surface area contributed by atoms with Crippen LogP contribution in [0.3, 0.4) is 0 Å². The minimum Gasteiger partial charge on any atom is -0.342 e. The summed E-state index contributed by atoms with van der Waals surface area (Å²) in [6.45, 7) is 2.08. The van der Waals surface area contributed by atoms with E-state index < -0.39 is 24.0 Å². The maximum absolute atomic E-state index is 12.5. The van der Waals surface area contributed by atoms with Crippen LogP contribution in [-0.2, 0) is 16.9 Å². The van der Waals surface area contributed by atoms with Crippen LogP contribution in [0.2, 0.25) is 0 Å². The van der Waals surface area contributed by atoms with Crippen LogP contribution in [0.25, 0.3) is 11.3 Å². The summed E-state index contributed by atoms with van der Waals surface area (Å²) in [5, 5.41) is 3.50. The first-order chi connectivity index (χ1) is 12.9. The van der Waals surface area contributed by atoms with Crippen molar-refractivity contribution in [2.45, 2.75) is 37.5 Å². The predicted molar refractivity (Wildman–Crippen MR) is 91.6 cm³/mol. The van der Waals surface area contributed by atoms with Crippen molar-refractivity contribution in [2.24, 2.45) is 0 Å². The molecule has 0 bridgehead atoms. The zero-order chi connectivity index (χ0) is 19.1. The summed E-state index contributed by atoms with van der Waals surface area (Å²) in [4.78, 5) is 22.0. The number of nitrogens with one attached hydrogen (secondary N) is 1. The monoisotopic (exact) mass is 379 g/mol. The van der Waals surface area contributed by atoms with Gasteiger partial charge < -0.3 is 14.8 Å². The fraction of sp³-hybridized carbons (Fsp3) is 0.500. The Morgan fingerprint density at radius 2 is 2.00 bits per heavy atom. The third-order valence-electron chi connectivity index (χ3n) is 5.36. The van der Waals surface area contributed by atoms with Crippen molar-refractivity contribution in [3.63, 3.8) is 0 Å². The Morgan fingerprint density at radius 3 is 2.67 bits per heavy atom. The second kappa shape index (κ2) is 6.63. The van der Waals surface area contributed by atoms with Gasteiger partial charge in [0.1, 0.15) is 12.2 Å². The highest BCUT2D eigenvalue weighted by Crippen LogP contribution is 2.37. The summed E-state index contributed by atoms with van der Waals surface area (Å²) in [5.41, 5.74) is 1.55. The number of carbonyl (C=O) groups excluding carboxylic acids is 1. The molecule has 1 spiro atoms. The zero-order valence-electron chi connectivity index (χ0n) is 14.7. The Balaban J connectivity index is 1.54. The largest absolute Gasteiger partial charge is 0.397 e. The summed E-state index contributed by atoms with van der Waals surface area (Å²) < 4.78 is 39.6. The van der Waals surface area contributed by atoms with Gasteiger partial charge in [-0.05, 0) is 25.0 Å². The van der Waals surface area contributed by atoms with E-state index >= 15 is 0 Å². The van der Waals surface area contributed by atoms with E-state index in [4.69, 9.17) is 0 Å². The number of carbonyl (C=O) groups is 1. The van der Waals surface area contributed by atoms with Crippen molar-refractivity contribution < 1.29 is 18.0 Å². The molecular weight excluding hydrogens is 359 g/mol. The molecule has 0 saturated carbocycles. The number of pyridine rings is 1. The first-order valence-electron chi connectivity index (χ1n) is 8.94. The minimum atomic E-state index is -4.47. The number of fused-ring (bicyclic) bond motifs is 2. The van der Waals surface area contributed by atoms with Gasteiger partial charge in [-0.1, -0.05) is 0 Å². The van der Waals surface area contributed by atoms with Crippen molar-refractivity contribution in [3.05, 3.63) is 36.5 Å². The number of likely N-dealkylation sites (tertiary alicyclic amines) is 1. The maximum Gasteiger partial charge on any atom is 0.397 e. The van der Waals surface area contributed by atoms with Gasteiger partial charge in [-0.2, -0.15) is 13.2 Å². The van der Waals surface area contributed by atoms with E-state index in [1.54, 1.807) is 12.4 Å². The lowest BCUT2D eigenvalue weighted by Gasteiger charge is -2.44. The summed E-state index contributed by atoms with van der Waals surface area (Å²) in [5.74, 6) is 0.0306. The standard InChI is InChI=1S/C18H20F3N5O/c19-18(20,21)10-15(27)25-7-3-17(4-8-25)16-23-12-14(26(16)9-6-24-17)13-2-1-5-22-11-13/h1-2,5,11-12,24H,3-4,6-10H2. The minimum absolute atomic E-state index is 0.289. The molecule has 6 nitrogen and oxygen atoms in total. The molecule has 1 fully saturated rings. The summed E-state index contributed by atoms with van der Waals surface area (Å²) in [6, 6.07) is 3.85. The highest BCUT2D eigenvalue weighted by atomic mass is 19.4. The van der Waals surface area contributed by atoms with Crippen LogP contribution in [0.4, 0.5) is 13.2 Å². The molecule has 2 aliphatic heterocycles. The second-order valence-electron chi connectivity index (χ2n) is 7.04. The van der Waals surface area contributed by atoms with Crippen LogP contribution in [0.15, 0.2) is 30.7 Å². The molecule has 4 heterocycles. The van der Waals surface area contributed by atoms with Crippen LogP contribution < -0.4 is 5.32 Å². The maximum atomic E-state index is 12.5. The average Bonchev–Trinajstić information content (AvgIpc) is 3.07. The molecule has 0 unspecified atom stereocenters. The number of amides is 1. The number of aromatic nitrogens is 3. The molecule has 0 radical (unpaired) electrons. The molecule has 2 aliphatic rings. The lowest BCUT2D eigenvalue weighted by molar-refractivity contribution is -0.162. The number of hydrogen-bond acceptors (Lipinski definition) is 4. The molecule has 0 aliphatic carbocycles. The summed E-state index contributed by atoms with van der Waals surface area (Å²) in [7, 11) is 0. The van der Waals surface area contributed by atoms with Crippen LogP contribution >= 0.6 is 0 Å². The van der Waals surface area contributed by atoms with Crippen molar-refractivity contribution in [1.29, 1.82) is 0 Å². The van der Waals surface area contributed by atoms with Gasteiger partial charge in [0.15, 0.2) is 0 Å². The molecule has 144 valence electrons. The number of nitrogens with zero attached hydrogens (tertiary/aromatic N) is 4. The SMILES string of the molecule is O=C(CC(F)(F)F)N1CCC2(CC1)NCCn1c(-c3cccnc3)cnc12. The Morgan fingerprint density at radius 1 is 1.22 bits per heavy atom. The quantitative estimate of drug-likeness (QED) is 0.870. The van der Waals surface area contributed by atoms with Crippen LogP contribution in [0, 0.1) is 0 Å². The molecule has 1 N–H and O–H groups in total. The van der Waals surface area contributed by atoms with Gasteiger partial charge in [0.25, 0.3) is 0 Å². The molecule has 0 aromatic carbocycles. The number of piperidine rings is 1. The van der Waals surface area contributed by atoms with Gasteiger partial charge in [-0.15, -0.1) is 0 Å². The fourth-order valence-electron chi connectivity index (χ4n) is 4.04. The summed E-state index contributed by atoms with van der Waals surface area (Å²) >= 11 is 0. The van der Waals surface area contributed by atoms with E-state index in [2.05, 4.69) is 19.9 Å². The smallest absolute Gasteiger partial charge is 0.342 e. The average molecular weight is 379 g/mol. The molecule has 2 aromatic heterocycles. The van der Waals surface area contributed by atoms with Gasteiger partial charge in [-0.3, -0.25) is 9.78 Å². The lowest BCUT2D eigenvalue weighted by Crippen LogP contribution is -2.56. The fourth-order valence-corrected chi connectivity index (χ4v) is 4.04. The van der Waals surface area contributed by atoms with Crippen LogP contribution in [0.5, 0.6) is 0 Å². The molecule has 9 heteroatoms.